The minimum atomic E-state index is -5.77. The molecule has 3 heterocycles. The summed E-state index contributed by atoms with van der Waals surface area (Å²) < 4.78 is 58.5. The molecule has 3 unspecified atom stereocenters. The van der Waals surface area contributed by atoms with E-state index in [1.165, 1.54) is 12.2 Å². The normalized spacial score (nSPS) is 20.9. The van der Waals surface area contributed by atoms with Crippen molar-refractivity contribution < 1.29 is 65.8 Å². The van der Waals surface area contributed by atoms with E-state index >= 15 is 0 Å². The number of H-pyrrole nitrogens is 1. The highest BCUT2D eigenvalue weighted by atomic mass is 31.3. The van der Waals surface area contributed by atoms with E-state index in [0.717, 1.165) is 33.2 Å². The highest BCUT2D eigenvalue weighted by Gasteiger charge is 2.43. The maximum absolute atomic E-state index is 12.9. The standard InChI is InChI=1S/C36H47N6O16P3/c1-22-10-12-25(13-11-22)39-40-27-16-26-23(2)19-36(3,4)42(28(26)17-30(27)54-5)15-7-9-32(44)37-14-6-8-24-20-41(35(46)38-34(24)45)33-18-29(43)31(56-33)21-55-60(50,51)58-61(52,53)57-59(47,48)49/h6,8,10-13,16-17,19-20,29,31,33,43H,7,9,14-15,18,21H2,1-5H3,(H,37,44)(H,50,51)(H,52,53)(H,38,45,46)(H2,47,48,49)/b8-6+,40-39?/t29?,31-,33-/m1/s1. The number of anilines is 1. The molecular weight excluding hydrogens is 865 g/mol. The number of azo groups is 1. The van der Waals surface area contributed by atoms with Crippen LogP contribution in [0.1, 0.15) is 63.0 Å². The quantitative estimate of drug-likeness (QED) is 0.0661. The molecule has 5 rings (SSSR count). The maximum atomic E-state index is 12.9. The lowest BCUT2D eigenvalue weighted by molar-refractivity contribution is -0.120. The van der Waals surface area contributed by atoms with E-state index in [1.807, 2.05) is 50.2 Å². The number of nitrogens with one attached hydrogen (secondary N) is 2. The highest BCUT2D eigenvalue weighted by Crippen LogP contribution is 2.66. The molecule has 0 radical (unpaired) electrons. The summed E-state index contributed by atoms with van der Waals surface area (Å²) in [5.41, 5.74) is 3.28. The molecule has 7 N–H and O–H groups in total. The summed E-state index contributed by atoms with van der Waals surface area (Å²) in [6, 6.07) is 11.6. The molecule has 22 nitrogen and oxygen atoms in total. The van der Waals surface area contributed by atoms with Crippen LogP contribution in [0.2, 0.25) is 0 Å². The Kier molecular flexibility index (Phi) is 15.1. The van der Waals surface area contributed by atoms with Crippen LogP contribution in [-0.2, 0) is 36.4 Å². The number of amides is 1. The zero-order valence-electron chi connectivity index (χ0n) is 33.6. The number of ether oxygens (including phenoxy) is 2. The highest BCUT2D eigenvalue weighted by molar-refractivity contribution is 7.66. The molecule has 1 fully saturated rings. The van der Waals surface area contributed by atoms with Crippen LogP contribution < -0.4 is 26.2 Å². The van der Waals surface area contributed by atoms with Gasteiger partial charge in [-0.05, 0) is 57.9 Å². The Bertz CT molecular complexity index is 2460. The van der Waals surface area contributed by atoms with Crippen molar-refractivity contribution in [3.8, 4) is 5.75 Å². The van der Waals surface area contributed by atoms with Crippen molar-refractivity contribution in [3.05, 3.63) is 92.3 Å². The number of fused-ring (bicyclic) bond motifs is 1. The molecule has 0 aliphatic carbocycles. The topological polar surface area (TPSA) is 310 Å². The number of benzene rings is 2. The zero-order chi connectivity index (χ0) is 44.9. The molecule has 1 amide bonds. The molecule has 1 saturated heterocycles. The Labute approximate surface area is 349 Å². The zero-order valence-corrected chi connectivity index (χ0v) is 36.3. The Balaban J connectivity index is 1.15. The fraction of sp³-hybridized carbons (Fsp3) is 0.417. The third-order valence-corrected chi connectivity index (χ3v) is 13.2. The molecule has 2 aliphatic heterocycles. The summed E-state index contributed by atoms with van der Waals surface area (Å²) in [5, 5.41) is 22.1. The lowest BCUT2D eigenvalue weighted by Crippen LogP contribution is -2.45. The first kappa shape index (κ1) is 47.6. The molecule has 25 heteroatoms. The molecular formula is C36H47N6O16P3. The Hall–Kier alpha value is -4.40. The van der Waals surface area contributed by atoms with Gasteiger partial charge in [-0.2, -0.15) is 13.7 Å². The van der Waals surface area contributed by atoms with Crippen LogP contribution in [0.3, 0.4) is 0 Å². The van der Waals surface area contributed by atoms with Gasteiger partial charge in [-0.25, -0.2) is 18.5 Å². The number of rotatable bonds is 18. The van der Waals surface area contributed by atoms with E-state index in [9.17, 15) is 43.0 Å². The van der Waals surface area contributed by atoms with E-state index < -0.39 is 59.8 Å². The summed E-state index contributed by atoms with van der Waals surface area (Å²) in [4.78, 5) is 78.7. The Morgan fingerprint density at radius 3 is 2.43 bits per heavy atom. The Morgan fingerprint density at radius 2 is 1.75 bits per heavy atom. The van der Waals surface area contributed by atoms with E-state index in [0.29, 0.717) is 30.1 Å². The number of carbonyl (C=O) groups is 1. The van der Waals surface area contributed by atoms with Gasteiger partial charge < -0.3 is 44.4 Å². The summed E-state index contributed by atoms with van der Waals surface area (Å²) in [6.45, 7) is 7.83. The van der Waals surface area contributed by atoms with Gasteiger partial charge in [0, 0.05) is 49.4 Å². The number of allylic oxidation sites excluding steroid dienone is 1. The minimum Gasteiger partial charge on any atom is -0.494 e. The fourth-order valence-electron chi connectivity index (χ4n) is 6.65. The van der Waals surface area contributed by atoms with Crippen molar-refractivity contribution in [2.24, 2.45) is 10.2 Å². The van der Waals surface area contributed by atoms with Gasteiger partial charge in [0.05, 0.1) is 36.6 Å². The van der Waals surface area contributed by atoms with Gasteiger partial charge in [-0.15, -0.1) is 5.11 Å². The molecule has 5 atom stereocenters. The van der Waals surface area contributed by atoms with Crippen molar-refractivity contribution >= 4 is 58.1 Å². The van der Waals surface area contributed by atoms with Crippen LogP contribution in [0.4, 0.5) is 17.1 Å². The second-order valence-corrected chi connectivity index (χ2v) is 19.0. The third-order valence-electron chi connectivity index (χ3n) is 9.41. The summed E-state index contributed by atoms with van der Waals surface area (Å²) in [6.07, 6.45) is 2.50. The molecule has 0 bridgehead atoms. The van der Waals surface area contributed by atoms with Crippen molar-refractivity contribution in [1.29, 1.82) is 0 Å². The number of hydrogen-bond donors (Lipinski definition) is 7. The van der Waals surface area contributed by atoms with Crippen LogP contribution in [0.25, 0.3) is 11.6 Å². The first-order valence-electron chi connectivity index (χ1n) is 18.5. The number of aromatic nitrogens is 2. The number of phosphoric acid groups is 3. The predicted molar refractivity (Wildman–Crippen MR) is 220 cm³/mol. The summed E-state index contributed by atoms with van der Waals surface area (Å²) in [7, 11) is -15.3. The number of aliphatic hydroxyl groups is 1. The number of nitrogens with zero attached hydrogens (tertiary/aromatic N) is 4. The van der Waals surface area contributed by atoms with Gasteiger partial charge in [0.1, 0.15) is 23.8 Å². The summed E-state index contributed by atoms with van der Waals surface area (Å²) in [5.74, 6) is 0.305. The van der Waals surface area contributed by atoms with Gasteiger partial charge in [-0.3, -0.25) is 23.7 Å². The van der Waals surface area contributed by atoms with Crippen molar-refractivity contribution in [2.45, 2.75) is 70.9 Å². The molecule has 0 saturated carbocycles. The van der Waals surface area contributed by atoms with Gasteiger partial charge in [-0.1, -0.05) is 35.9 Å². The number of hydrogen-bond acceptors (Lipinski definition) is 15. The Morgan fingerprint density at radius 1 is 1.05 bits per heavy atom. The second-order valence-electron chi connectivity index (χ2n) is 14.6. The largest absolute Gasteiger partial charge is 0.494 e. The molecule has 61 heavy (non-hydrogen) atoms. The number of aromatic amines is 1. The first-order valence-corrected chi connectivity index (χ1v) is 23.1. The molecule has 1 aromatic heterocycles. The van der Waals surface area contributed by atoms with E-state index in [1.54, 1.807) is 7.11 Å². The summed E-state index contributed by atoms with van der Waals surface area (Å²) >= 11 is 0. The minimum absolute atomic E-state index is 0.0202. The lowest BCUT2D eigenvalue weighted by Gasteiger charge is -2.43. The monoisotopic (exact) mass is 912 g/mol. The van der Waals surface area contributed by atoms with Gasteiger partial charge in [0.2, 0.25) is 5.91 Å². The van der Waals surface area contributed by atoms with Crippen molar-refractivity contribution in [1.82, 2.24) is 14.9 Å². The third kappa shape index (κ3) is 13.1. The number of aryl methyl sites for hydroxylation is 1. The molecule has 332 valence electrons. The van der Waals surface area contributed by atoms with E-state index in [4.69, 9.17) is 19.3 Å². The van der Waals surface area contributed by atoms with E-state index in [2.05, 4.69) is 58.5 Å². The molecule has 3 aromatic rings. The molecule has 2 aliphatic rings. The van der Waals surface area contributed by atoms with Gasteiger partial charge in [0.25, 0.3) is 5.56 Å². The SMILES string of the molecule is COc1cc2c(cc1N=Nc1ccc(C)cc1)C(C)=CC(C)(C)N2CCCC(=O)NC/C=C/c1cn([C@H]2CC(O)[C@@H](COP(=O)(O)OP(=O)(O)OP(=O)(O)O)O2)c(=O)[nH]c1=O. The lowest BCUT2D eigenvalue weighted by atomic mass is 9.88. The van der Waals surface area contributed by atoms with Crippen LogP contribution in [0.5, 0.6) is 5.75 Å². The predicted octanol–water partition coefficient (Wildman–Crippen LogP) is 4.87. The van der Waals surface area contributed by atoms with E-state index in [-0.39, 0.29) is 36.4 Å². The second kappa shape index (κ2) is 19.3. The average Bonchev–Trinajstić information content (AvgIpc) is 3.52. The molecule has 0 spiro atoms. The van der Waals surface area contributed by atoms with Crippen LogP contribution >= 0.6 is 23.5 Å². The van der Waals surface area contributed by atoms with Crippen molar-refractivity contribution in [3.63, 3.8) is 0 Å². The molecule has 2 aromatic carbocycles. The average molecular weight is 913 g/mol. The van der Waals surface area contributed by atoms with Crippen molar-refractivity contribution in [2.75, 3.05) is 31.7 Å². The smallest absolute Gasteiger partial charge is 0.490 e. The van der Waals surface area contributed by atoms with Gasteiger partial charge >= 0.3 is 29.2 Å². The number of phosphoric ester groups is 1. The van der Waals surface area contributed by atoms with Crippen LogP contribution in [0, 0.1) is 6.92 Å². The van der Waals surface area contributed by atoms with Gasteiger partial charge in [0.15, 0.2) is 0 Å². The van der Waals surface area contributed by atoms with Crippen LogP contribution in [-0.4, -0.2) is 84.7 Å². The fourth-order valence-corrected chi connectivity index (χ4v) is 9.68. The maximum Gasteiger partial charge on any atom is 0.490 e. The first-order chi connectivity index (χ1) is 28.5. The number of carbonyl (C=O) groups excluding carboxylic acids is 1. The van der Waals surface area contributed by atoms with Crippen LogP contribution in [0.15, 0.2) is 74.6 Å². The number of aliphatic hydroxyl groups excluding tert-OH is 1. The number of methoxy groups -OCH3 is 1.